The summed E-state index contributed by atoms with van der Waals surface area (Å²) < 4.78 is 0. The number of hydrogen-bond donors (Lipinski definition) is 2. The molecule has 2 aliphatic carbocycles. The summed E-state index contributed by atoms with van der Waals surface area (Å²) in [6.07, 6.45) is 5.02. The lowest BCUT2D eigenvalue weighted by Crippen LogP contribution is -2.38. The van der Waals surface area contributed by atoms with Crippen LogP contribution in [-0.4, -0.2) is 17.9 Å². The summed E-state index contributed by atoms with van der Waals surface area (Å²) in [6.45, 7) is 0.464. The Kier molecular flexibility index (Phi) is 4.57. The Morgan fingerprint density at radius 1 is 1.00 bits per heavy atom. The van der Waals surface area contributed by atoms with Crippen molar-refractivity contribution in [2.75, 3.05) is 0 Å². The molecule has 1 aromatic carbocycles. The summed E-state index contributed by atoms with van der Waals surface area (Å²) in [5.41, 5.74) is 1.68. The fourth-order valence-corrected chi connectivity index (χ4v) is 3.86. The highest BCUT2D eigenvalue weighted by Gasteiger charge is 2.42. The molecule has 0 radical (unpaired) electrons. The largest absolute Gasteiger partial charge is 0.349 e. The molecule has 2 amide bonds. The van der Waals surface area contributed by atoms with E-state index in [0.717, 1.165) is 5.56 Å². The van der Waals surface area contributed by atoms with Gasteiger partial charge in [0.1, 0.15) is 0 Å². The van der Waals surface area contributed by atoms with Crippen LogP contribution in [0.1, 0.15) is 51.3 Å². The number of carbonyl (C=O) groups is 2. The number of benzene rings is 1. The van der Waals surface area contributed by atoms with Crippen LogP contribution in [0, 0.1) is 11.8 Å². The topological polar surface area (TPSA) is 58.2 Å². The Labute approximate surface area is 151 Å². The Balaban J connectivity index is 1.31. The summed E-state index contributed by atoms with van der Waals surface area (Å²) in [5.74, 6) is 1.36. The van der Waals surface area contributed by atoms with E-state index in [2.05, 4.69) is 10.6 Å². The van der Waals surface area contributed by atoms with Crippen LogP contribution in [0.3, 0.4) is 0 Å². The number of carbonyl (C=O) groups excluding carboxylic acids is 2. The highest BCUT2D eigenvalue weighted by Crippen LogP contribution is 2.44. The lowest BCUT2D eigenvalue weighted by Gasteiger charge is -2.17. The maximum absolute atomic E-state index is 12.5. The van der Waals surface area contributed by atoms with Gasteiger partial charge in [0.25, 0.3) is 11.8 Å². The average molecular weight is 354 g/mol. The zero-order chi connectivity index (χ0) is 17.2. The predicted molar refractivity (Wildman–Crippen MR) is 98.6 cm³/mol. The molecule has 2 fully saturated rings. The van der Waals surface area contributed by atoms with Crippen molar-refractivity contribution in [2.24, 2.45) is 11.8 Å². The van der Waals surface area contributed by atoms with Gasteiger partial charge in [-0.1, -0.05) is 18.2 Å². The van der Waals surface area contributed by atoms with Gasteiger partial charge >= 0.3 is 0 Å². The number of amides is 2. The minimum Gasteiger partial charge on any atom is -0.349 e. The summed E-state index contributed by atoms with van der Waals surface area (Å²) in [7, 11) is 0. The maximum Gasteiger partial charge on any atom is 0.261 e. The highest BCUT2D eigenvalue weighted by atomic mass is 32.1. The van der Waals surface area contributed by atoms with Crippen LogP contribution in [0.2, 0.25) is 0 Å². The first-order chi connectivity index (χ1) is 12.2. The number of nitrogens with one attached hydrogen (secondary N) is 2. The van der Waals surface area contributed by atoms with Gasteiger partial charge in [0.15, 0.2) is 0 Å². The zero-order valence-electron chi connectivity index (χ0n) is 14.0. The summed E-state index contributed by atoms with van der Waals surface area (Å²) in [6, 6.07) is 11.6. The molecule has 25 heavy (non-hydrogen) atoms. The standard InChI is InChI=1S/C20H22N2O2S/c23-19(22-18(14-7-8-14)15-9-10-15)16-5-3-13(4-6-16)12-21-20(24)17-2-1-11-25-17/h1-6,11,14-15,18H,7-10,12H2,(H,21,24)(H,22,23). The molecule has 0 atom stereocenters. The van der Waals surface area contributed by atoms with Gasteiger partial charge in [-0.05, 0) is 66.7 Å². The first-order valence-corrected chi connectivity index (χ1v) is 9.80. The van der Waals surface area contributed by atoms with Crippen LogP contribution in [0.4, 0.5) is 0 Å². The quantitative estimate of drug-likeness (QED) is 0.798. The molecule has 0 unspecified atom stereocenters. The van der Waals surface area contributed by atoms with E-state index >= 15 is 0 Å². The van der Waals surface area contributed by atoms with Crippen LogP contribution in [0.15, 0.2) is 41.8 Å². The first kappa shape index (κ1) is 16.3. The number of hydrogen-bond acceptors (Lipinski definition) is 3. The molecule has 2 N–H and O–H groups in total. The third-order valence-electron chi connectivity index (χ3n) is 4.97. The van der Waals surface area contributed by atoms with Crippen molar-refractivity contribution in [1.29, 1.82) is 0 Å². The van der Waals surface area contributed by atoms with Gasteiger partial charge in [-0.15, -0.1) is 11.3 Å². The maximum atomic E-state index is 12.5. The van der Waals surface area contributed by atoms with Gasteiger partial charge in [-0.25, -0.2) is 0 Å². The molecular weight excluding hydrogens is 332 g/mol. The first-order valence-electron chi connectivity index (χ1n) is 8.92. The molecule has 1 aromatic heterocycles. The third-order valence-corrected chi connectivity index (χ3v) is 5.84. The van der Waals surface area contributed by atoms with Crippen molar-refractivity contribution < 1.29 is 9.59 Å². The minimum absolute atomic E-state index is 0.0259. The molecule has 0 bridgehead atoms. The molecule has 1 heterocycles. The summed E-state index contributed by atoms with van der Waals surface area (Å²) in [5, 5.41) is 8.03. The minimum atomic E-state index is -0.0615. The Bertz CT molecular complexity index is 735. The van der Waals surface area contributed by atoms with E-state index in [1.807, 2.05) is 41.8 Å². The van der Waals surface area contributed by atoms with Crippen molar-refractivity contribution >= 4 is 23.2 Å². The van der Waals surface area contributed by atoms with Gasteiger partial charge in [-0.3, -0.25) is 9.59 Å². The molecular formula is C20H22N2O2S. The Morgan fingerprint density at radius 2 is 1.68 bits per heavy atom. The van der Waals surface area contributed by atoms with Crippen LogP contribution < -0.4 is 10.6 Å². The normalized spacial score (nSPS) is 16.7. The predicted octanol–water partition coefficient (Wildman–Crippen LogP) is 3.60. The SMILES string of the molecule is O=C(NC(C1CC1)C1CC1)c1ccc(CNC(=O)c2cccs2)cc1. The summed E-state index contributed by atoms with van der Waals surface area (Å²) >= 11 is 1.43. The Morgan fingerprint density at radius 3 is 2.24 bits per heavy atom. The summed E-state index contributed by atoms with van der Waals surface area (Å²) in [4.78, 5) is 25.1. The second-order valence-corrected chi connectivity index (χ2v) is 7.98. The van der Waals surface area contributed by atoms with E-state index < -0.39 is 0 Å². The second kappa shape index (κ2) is 7.00. The van der Waals surface area contributed by atoms with E-state index in [4.69, 9.17) is 0 Å². The monoisotopic (exact) mass is 354 g/mol. The lowest BCUT2D eigenvalue weighted by molar-refractivity contribution is 0.0923. The zero-order valence-corrected chi connectivity index (χ0v) is 14.9. The van der Waals surface area contributed by atoms with Gasteiger partial charge in [0.05, 0.1) is 4.88 Å². The molecule has 130 valence electrons. The second-order valence-electron chi connectivity index (χ2n) is 7.03. The molecule has 4 rings (SSSR count). The van der Waals surface area contributed by atoms with Gasteiger partial charge in [-0.2, -0.15) is 0 Å². The van der Waals surface area contributed by atoms with Crippen molar-refractivity contribution in [3.63, 3.8) is 0 Å². The molecule has 4 nitrogen and oxygen atoms in total. The van der Waals surface area contributed by atoms with E-state index in [9.17, 15) is 9.59 Å². The van der Waals surface area contributed by atoms with E-state index in [1.165, 1.54) is 37.0 Å². The van der Waals surface area contributed by atoms with Crippen LogP contribution in [0.5, 0.6) is 0 Å². The van der Waals surface area contributed by atoms with Crippen LogP contribution in [-0.2, 0) is 6.54 Å². The molecule has 5 heteroatoms. The highest BCUT2D eigenvalue weighted by molar-refractivity contribution is 7.12. The van der Waals surface area contributed by atoms with Crippen LogP contribution in [0.25, 0.3) is 0 Å². The van der Waals surface area contributed by atoms with Gasteiger partial charge in [0, 0.05) is 18.2 Å². The molecule has 2 aromatic rings. The molecule has 0 aliphatic heterocycles. The van der Waals surface area contributed by atoms with Gasteiger partial charge in [0.2, 0.25) is 0 Å². The Hall–Kier alpha value is -2.14. The van der Waals surface area contributed by atoms with Crippen molar-refractivity contribution in [1.82, 2.24) is 10.6 Å². The van der Waals surface area contributed by atoms with Crippen molar-refractivity contribution in [2.45, 2.75) is 38.3 Å². The van der Waals surface area contributed by atoms with Gasteiger partial charge < -0.3 is 10.6 Å². The molecule has 2 aliphatic rings. The van der Waals surface area contributed by atoms with E-state index in [1.54, 1.807) is 0 Å². The van der Waals surface area contributed by atoms with E-state index in [0.29, 0.717) is 34.9 Å². The van der Waals surface area contributed by atoms with Crippen LogP contribution >= 0.6 is 11.3 Å². The fourth-order valence-electron chi connectivity index (χ4n) is 3.22. The third kappa shape index (κ3) is 4.10. The molecule has 0 spiro atoms. The van der Waals surface area contributed by atoms with Crippen molar-refractivity contribution in [3.8, 4) is 0 Å². The number of thiophene rings is 1. The van der Waals surface area contributed by atoms with Crippen molar-refractivity contribution in [3.05, 3.63) is 57.8 Å². The fraction of sp³-hybridized carbons (Fsp3) is 0.400. The lowest BCUT2D eigenvalue weighted by atomic mass is 10.1. The average Bonchev–Trinajstić information content (AvgIpc) is 3.57. The number of rotatable bonds is 7. The molecule has 2 saturated carbocycles. The van der Waals surface area contributed by atoms with E-state index in [-0.39, 0.29) is 11.8 Å². The smallest absolute Gasteiger partial charge is 0.261 e. The molecule has 0 saturated heterocycles.